The highest BCUT2D eigenvalue weighted by atomic mass is 16.7. The summed E-state index contributed by atoms with van der Waals surface area (Å²) >= 11 is 0. The molecule has 1 aliphatic heterocycles. The molecule has 0 unspecified atom stereocenters. The summed E-state index contributed by atoms with van der Waals surface area (Å²) in [5.41, 5.74) is -0.450. The summed E-state index contributed by atoms with van der Waals surface area (Å²) in [5, 5.41) is 9.05. The van der Waals surface area contributed by atoms with E-state index >= 15 is 0 Å². The number of hydrogen-bond donors (Lipinski definition) is 0. The number of hydrogen-bond acceptors (Lipinski definition) is 3. The fourth-order valence-corrected chi connectivity index (χ4v) is 3.20. The van der Waals surface area contributed by atoms with E-state index < -0.39 is 5.41 Å². The molecule has 1 saturated carbocycles. The Kier molecular flexibility index (Phi) is 5.24. The van der Waals surface area contributed by atoms with Gasteiger partial charge >= 0.3 is 0 Å². The van der Waals surface area contributed by atoms with Gasteiger partial charge in [0.2, 0.25) is 0 Å². The van der Waals surface area contributed by atoms with Crippen LogP contribution in [-0.2, 0) is 9.47 Å². The summed E-state index contributed by atoms with van der Waals surface area (Å²) in [4.78, 5) is 0. The van der Waals surface area contributed by atoms with Gasteiger partial charge in [-0.15, -0.1) is 0 Å². The topological polar surface area (TPSA) is 42.2 Å². The fourth-order valence-electron chi connectivity index (χ4n) is 3.20. The number of nitrogens with zero attached hydrogens (tertiary/aromatic N) is 1. The van der Waals surface area contributed by atoms with Gasteiger partial charge in [-0.05, 0) is 38.5 Å². The first-order valence-corrected chi connectivity index (χ1v) is 7.81. The van der Waals surface area contributed by atoms with Crippen molar-refractivity contribution in [3.8, 4) is 6.07 Å². The molecule has 2 fully saturated rings. The van der Waals surface area contributed by atoms with Crippen LogP contribution in [0.3, 0.4) is 0 Å². The summed E-state index contributed by atoms with van der Waals surface area (Å²) in [5.74, 6) is 1.46. The smallest absolute Gasteiger partial charge is 0.160 e. The highest BCUT2D eigenvalue weighted by Gasteiger charge is 2.37. The van der Waals surface area contributed by atoms with Crippen molar-refractivity contribution in [3.63, 3.8) is 0 Å². The molecule has 108 valence electrons. The van der Waals surface area contributed by atoms with E-state index in [0.29, 0.717) is 19.1 Å². The van der Waals surface area contributed by atoms with Gasteiger partial charge in [-0.1, -0.05) is 26.2 Å². The van der Waals surface area contributed by atoms with E-state index in [1.807, 2.05) is 6.92 Å². The average Bonchev–Trinajstić information content (AvgIpc) is 2.47. The standard InChI is InChI=1S/C16H27NO2/c1-3-4-5-13-6-8-14(9-7-13)15-18-11-16(2,10-17)12-19-15/h13-15H,3-9,11-12H2,1-2H3/t13-,14-,15-,16+. The second-order valence-electron chi connectivity index (χ2n) is 6.59. The lowest BCUT2D eigenvalue weighted by molar-refractivity contribution is -0.240. The Morgan fingerprint density at radius 1 is 1.16 bits per heavy atom. The zero-order valence-corrected chi connectivity index (χ0v) is 12.4. The van der Waals surface area contributed by atoms with E-state index in [2.05, 4.69) is 13.0 Å². The maximum Gasteiger partial charge on any atom is 0.160 e. The Bertz CT molecular complexity index is 307. The highest BCUT2D eigenvalue weighted by molar-refractivity contribution is 4.97. The molecule has 19 heavy (non-hydrogen) atoms. The molecular formula is C16H27NO2. The largest absolute Gasteiger partial charge is 0.351 e. The van der Waals surface area contributed by atoms with Crippen LogP contribution in [0.4, 0.5) is 0 Å². The molecule has 0 aromatic rings. The number of unbranched alkanes of at least 4 members (excludes halogenated alkanes) is 1. The molecule has 2 aliphatic rings. The molecule has 0 radical (unpaired) electrons. The lowest BCUT2D eigenvalue weighted by Crippen LogP contribution is -2.43. The summed E-state index contributed by atoms with van der Waals surface area (Å²) in [7, 11) is 0. The molecule has 0 spiro atoms. The molecule has 1 aliphatic carbocycles. The van der Waals surface area contributed by atoms with Gasteiger partial charge in [0, 0.05) is 5.92 Å². The molecule has 0 N–H and O–H groups in total. The van der Waals surface area contributed by atoms with Crippen LogP contribution in [0.1, 0.15) is 58.8 Å². The summed E-state index contributed by atoms with van der Waals surface area (Å²) in [6.07, 6.45) is 9.10. The molecule has 1 heterocycles. The second-order valence-corrected chi connectivity index (χ2v) is 6.59. The fraction of sp³-hybridized carbons (Fsp3) is 0.938. The minimum atomic E-state index is -0.450. The minimum Gasteiger partial charge on any atom is -0.351 e. The van der Waals surface area contributed by atoms with Crippen LogP contribution in [0, 0.1) is 28.6 Å². The van der Waals surface area contributed by atoms with Crippen LogP contribution >= 0.6 is 0 Å². The number of ether oxygens (including phenoxy) is 2. The third kappa shape index (κ3) is 3.94. The second kappa shape index (κ2) is 6.72. The van der Waals surface area contributed by atoms with Gasteiger partial charge in [0.1, 0.15) is 5.41 Å². The lowest BCUT2D eigenvalue weighted by Gasteiger charge is -2.39. The molecule has 3 heteroatoms. The van der Waals surface area contributed by atoms with Crippen molar-refractivity contribution in [3.05, 3.63) is 0 Å². The van der Waals surface area contributed by atoms with Crippen LogP contribution in [-0.4, -0.2) is 19.5 Å². The van der Waals surface area contributed by atoms with Crippen LogP contribution in [0.25, 0.3) is 0 Å². The van der Waals surface area contributed by atoms with Crippen molar-refractivity contribution in [1.82, 2.24) is 0 Å². The van der Waals surface area contributed by atoms with Crippen LogP contribution in [0.2, 0.25) is 0 Å². The quantitative estimate of drug-likeness (QED) is 0.774. The SMILES string of the molecule is CCCC[C@H]1CC[C@H]([C@H]2OC[C@@](C)(C#N)CO2)CC1. The lowest BCUT2D eigenvalue weighted by atomic mass is 9.79. The third-order valence-electron chi connectivity index (χ3n) is 4.64. The molecule has 0 amide bonds. The Hall–Kier alpha value is -0.590. The minimum absolute atomic E-state index is 0.0615. The Morgan fingerprint density at radius 2 is 1.79 bits per heavy atom. The highest BCUT2D eigenvalue weighted by Crippen LogP contribution is 2.37. The monoisotopic (exact) mass is 265 g/mol. The third-order valence-corrected chi connectivity index (χ3v) is 4.64. The van der Waals surface area contributed by atoms with Crippen LogP contribution in [0.5, 0.6) is 0 Å². The first kappa shape index (κ1) is 14.8. The van der Waals surface area contributed by atoms with Crippen molar-refractivity contribution in [2.75, 3.05) is 13.2 Å². The van der Waals surface area contributed by atoms with Gasteiger partial charge in [0.15, 0.2) is 6.29 Å². The molecule has 0 atom stereocenters. The van der Waals surface area contributed by atoms with Gasteiger partial charge in [-0.25, -0.2) is 0 Å². The zero-order valence-electron chi connectivity index (χ0n) is 12.4. The predicted molar refractivity (Wildman–Crippen MR) is 74.4 cm³/mol. The maximum absolute atomic E-state index is 9.05. The van der Waals surface area contributed by atoms with Gasteiger partial charge in [-0.3, -0.25) is 0 Å². The first-order valence-electron chi connectivity index (χ1n) is 7.81. The van der Waals surface area contributed by atoms with Crippen LogP contribution in [0.15, 0.2) is 0 Å². The van der Waals surface area contributed by atoms with Crippen LogP contribution < -0.4 is 0 Å². The van der Waals surface area contributed by atoms with E-state index in [0.717, 1.165) is 5.92 Å². The van der Waals surface area contributed by atoms with Crippen molar-refractivity contribution in [1.29, 1.82) is 5.26 Å². The van der Waals surface area contributed by atoms with Gasteiger partial charge in [0.05, 0.1) is 19.3 Å². The molecule has 1 saturated heterocycles. The summed E-state index contributed by atoms with van der Waals surface area (Å²) in [6.45, 7) is 5.21. The average molecular weight is 265 g/mol. The van der Waals surface area contributed by atoms with Gasteiger partial charge < -0.3 is 9.47 Å². The normalized spacial score (nSPS) is 39.7. The molecule has 0 bridgehead atoms. The van der Waals surface area contributed by atoms with E-state index in [-0.39, 0.29) is 6.29 Å². The van der Waals surface area contributed by atoms with E-state index in [9.17, 15) is 0 Å². The summed E-state index contributed by atoms with van der Waals surface area (Å²) in [6, 6.07) is 2.28. The van der Waals surface area contributed by atoms with Crippen molar-refractivity contribution < 1.29 is 9.47 Å². The molecule has 0 aromatic carbocycles. The van der Waals surface area contributed by atoms with Crippen molar-refractivity contribution in [2.24, 2.45) is 17.3 Å². The van der Waals surface area contributed by atoms with Gasteiger partial charge in [-0.2, -0.15) is 5.26 Å². The Balaban J connectivity index is 1.73. The maximum atomic E-state index is 9.05. The van der Waals surface area contributed by atoms with Crippen molar-refractivity contribution >= 4 is 0 Å². The Labute approximate surface area is 117 Å². The Morgan fingerprint density at radius 3 is 2.32 bits per heavy atom. The first-order chi connectivity index (χ1) is 9.17. The number of rotatable bonds is 4. The molecule has 0 aromatic heterocycles. The number of nitriles is 1. The van der Waals surface area contributed by atoms with E-state index in [1.165, 1.54) is 44.9 Å². The summed E-state index contributed by atoms with van der Waals surface area (Å²) < 4.78 is 11.6. The van der Waals surface area contributed by atoms with E-state index in [4.69, 9.17) is 14.7 Å². The molecule has 3 nitrogen and oxygen atoms in total. The predicted octanol–water partition coefficient (Wildman–Crippen LogP) is 3.89. The molecule has 2 rings (SSSR count). The van der Waals surface area contributed by atoms with Crippen molar-refractivity contribution in [2.45, 2.75) is 65.1 Å². The van der Waals surface area contributed by atoms with E-state index in [1.54, 1.807) is 0 Å². The molecular weight excluding hydrogens is 238 g/mol. The van der Waals surface area contributed by atoms with Gasteiger partial charge in [0.25, 0.3) is 0 Å². The zero-order chi connectivity index (χ0) is 13.7.